The lowest BCUT2D eigenvalue weighted by atomic mass is 10.0. The molecule has 0 aromatic carbocycles. The molecule has 3 nitrogen and oxygen atoms in total. The molecular formula is C18H34N2O. The maximum absolute atomic E-state index is 5.72. The lowest BCUT2D eigenvalue weighted by Crippen LogP contribution is -2.28. The number of nitrogens with one attached hydrogen (secondary N) is 1. The molecule has 0 amide bonds. The molecule has 0 aliphatic heterocycles. The van der Waals surface area contributed by atoms with Crippen molar-refractivity contribution in [2.24, 2.45) is 11.8 Å². The Morgan fingerprint density at radius 2 is 1.90 bits per heavy atom. The summed E-state index contributed by atoms with van der Waals surface area (Å²) in [4.78, 5) is 2.49. The summed E-state index contributed by atoms with van der Waals surface area (Å²) in [5.74, 6) is 2.57. The maximum Gasteiger partial charge on any atom is 0.118 e. The standard InChI is InChI=1S/C18H34N2O/c1-6-16(7-2)12-20(8-3)13-18-9-17(14-21-18)11-19-10-15(4)5/h9,14-16,19H,6-8,10-13H2,1-5H3. The molecule has 1 heterocycles. The van der Waals surface area contributed by atoms with E-state index < -0.39 is 0 Å². The van der Waals surface area contributed by atoms with Gasteiger partial charge in [0.05, 0.1) is 12.8 Å². The van der Waals surface area contributed by atoms with Crippen LogP contribution in [0, 0.1) is 11.8 Å². The van der Waals surface area contributed by atoms with Crippen molar-refractivity contribution in [1.29, 1.82) is 0 Å². The molecule has 1 N–H and O–H groups in total. The molecule has 0 aliphatic rings. The van der Waals surface area contributed by atoms with E-state index in [4.69, 9.17) is 4.42 Å². The maximum atomic E-state index is 5.72. The molecule has 122 valence electrons. The van der Waals surface area contributed by atoms with Gasteiger partial charge in [0.2, 0.25) is 0 Å². The minimum absolute atomic E-state index is 0.687. The van der Waals surface area contributed by atoms with Gasteiger partial charge in [-0.25, -0.2) is 0 Å². The second-order valence-corrected chi connectivity index (χ2v) is 6.46. The first-order chi connectivity index (χ1) is 10.1. The van der Waals surface area contributed by atoms with Gasteiger partial charge in [0.1, 0.15) is 5.76 Å². The Bertz CT molecular complexity index is 369. The SMILES string of the molecule is CCC(CC)CN(CC)Cc1cc(CNCC(C)C)co1. The summed E-state index contributed by atoms with van der Waals surface area (Å²) in [5, 5.41) is 3.46. The zero-order chi connectivity index (χ0) is 15.7. The van der Waals surface area contributed by atoms with E-state index in [0.717, 1.165) is 37.9 Å². The van der Waals surface area contributed by atoms with Gasteiger partial charge in [-0.2, -0.15) is 0 Å². The van der Waals surface area contributed by atoms with Gasteiger partial charge < -0.3 is 9.73 Å². The van der Waals surface area contributed by atoms with Gasteiger partial charge in [-0.1, -0.05) is 47.5 Å². The summed E-state index contributed by atoms with van der Waals surface area (Å²) in [7, 11) is 0. The fourth-order valence-corrected chi connectivity index (χ4v) is 2.54. The van der Waals surface area contributed by atoms with E-state index in [0.29, 0.717) is 5.92 Å². The van der Waals surface area contributed by atoms with Crippen molar-refractivity contribution in [3.8, 4) is 0 Å². The van der Waals surface area contributed by atoms with E-state index in [1.54, 1.807) is 0 Å². The smallest absolute Gasteiger partial charge is 0.118 e. The lowest BCUT2D eigenvalue weighted by molar-refractivity contribution is 0.211. The molecule has 0 spiro atoms. The fourth-order valence-electron chi connectivity index (χ4n) is 2.54. The molecule has 0 saturated heterocycles. The van der Waals surface area contributed by atoms with Crippen LogP contribution in [-0.2, 0) is 13.1 Å². The normalized spacial score (nSPS) is 12.0. The minimum Gasteiger partial charge on any atom is -0.468 e. The van der Waals surface area contributed by atoms with E-state index >= 15 is 0 Å². The van der Waals surface area contributed by atoms with Gasteiger partial charge in [0.15, 0.2) is 0 Å². The fraction of sp³-hybridized carbons (Fsp3) is 0.778. The third kappa shape index (κ3) is 7.14. The van der Waals surface area contributed by atoms with Gasteiger partial charge in [-0.05, 0) is 31.0 Å². The molecule has 0 fully saturated rings. The summed E-state index contributed by atoms with van der Waals surface area (Å²) in [5.41, 5.74) is 1.25. The predicted molar refractivity (Wildman–Crippen MR) is 90.3 cm³/mol. The van der Waals surface area contributed by atoms with Crippen LogP contribution in [0.15, 0.2) is 16.7 Å². The second-order valence-electron chi connectivity index (χ2n) is 6.46. The van der Waals surface area contributed by atoms with Crippen LogP contribution in [0.25, 0.3) is 0 Å². The Kier molecular flexibility index (Phi) is 8.70. The van der Waals surface area contributed by atoms with Crippen LogP contribution >= 0.6 is 0 Å². The summed E-state index contributed by atoms with van der Waals surface area (Å²) in [6.45, 7) is 16.4. The Morgan fingerprint density at radius 1 is 1.19 bits per heavy atom. The van der Waals surface area contributed by atoms with Crippen molar-refractivity contribution in [1.82, 2.24) is 10.2 Å². The van der Waals surface area contributed by atoms with E-state index in [-0.39, 0.29) is 0 Å². The monoisotopic (exact) mass is 294 g/mol. The Labute approximate surface area is 131 Å². The number of nitrogens with zero attached hydrogens (tertiary/aromatic N) is 1. The highest BCUT2D eigenvalue weighted by molar-refractivity contribution is 5.12. The predicted octanol–water partition coefficient (Wildman–Crippen LogP) is 4.28. The number of furan rings is 1. The zero-order valence-electron chi connectivity index (χ0n) is 14.6. The molecule has 0 bridgehead atoms. The zero-order valence-corrected chi connectivity index (χ0v) is 14.6. The Hall–Kier alpha value is -0.800. The molecule has 0 unspecified atom stereocenters. The Balaban J connectivity index is 2.44. The van der Waals surface area contributed by atoms with Crippen LogP contribution in [0.3, 0.4) is 0 Å². The van der Waals surface area contributed by atoms with Crippen LogP contribution in [0.2, 0.25) is 0 Å². The van der Waals surface area contributed by atoms with Crippen LogP contribution in [0.1, 0.15) is 58.8 Å². The quantitative estimate of drug-likeness (QED) is 0.660. The van der Waals surface area contributed by atoms with Gasteiger partial charge in [-0.3, -0.25) is 4.90 Å². The number of hydrogen-bond donors (Lipinski definition) is 1. The van der Waals surface area contributed by atoms with Gasteiger partial charge in [-0.15, -0.1) is 0 Å². The highest BCUT2D eigenvalue weighted by atomic mass is 16.3. The molecule has 0 atom stereocenters. The third-order valence-corrected chi connectivity index (χ3v) is 4.09. The largest absolute Gasteiger partial charge is 0.468 e. The third-order valence-electron chi connectivity index (χ3n) is 4.09. The average molecular weight is 294 g/mol. The molecule has 1 aromatic heterocycles. The summed E-state index contributed by atoms with van der Waals surface area (Å²) in [6.07, 6.45) is 4.42. The second kappa shape index (κ2) is 10.0. The highest BCUT2D eigenvalue weighted by Crippen LogP contribution is 2.15. The molecule has 0 radical (unpaired) electrons. The van der Waals surface area contributed by atoms with Crippen molar-refractivity contribution >= 4 is 0 Å². The summed E-state index contributed by atoms with van der Waals surface area (Å²) < 4.78 is 5.72. The van der Waals surface area contributed by atoms with Crippen LogP contribution in [-0.4, -0.2) is 24.5 Å². The van der Waals surface area contributed by atoms with Gasteiger partial charge >= 0.3 is 0 Å². The van der Waals surface area contributed by atoms with Crippen molar-refractivity contribution < 1.29 is 4.42 Å². The van der Waals surface area contributed by atoms with E-state index in [9.17, 15) is 0 Å². The molecule has 1 rings (SSSR count). The molecule has 0 saturated carbocycles. The number of rotatable bonds is 11. The summed E-state index contributed by atoms with van der Waals surface area (Å²) in [6, 6.07) is 2.20. The molecule has 21 heavy (non-hydrogen) atoms. The van der Waals surface area contributed by atoms with Crippen molar-refractivity contribution in [2.75, 3.05) is 19.6 Å². The van der Waals surface area contributed by atoms with Crippen LogP contribution in [0.5, 0.6) is 0 Å². The first-order valence-corrected chi connectivity index (χ1v) is 8.58. The topological polar surface area (TPSA) is 28.4 Å². The molecule has 3 heteroatoms. The van der Waals surface area contributed by atoms with Crippen molar-refractivity contribution in [3.05, 3.63) is 23.7 Å². The first-order valence-electron chi connectivity index (χ1n) is 8.58. The average Bonchev–Trinajstić information content (AvgIpc) is 2.90. The van der Waals surface area contributed by atoms with Crippen LogP contribution < -0.4 is 5.32 Å². The minimum atomic E-state index is 0.687. The van der Waals surface area contributed by atoms with Crippen molar-refractivity contribution in [3.63, 3.8) is 0 Å². The lowest BCUT2D eigenvalue weighted by Gasteiger charge is -2.24. The van der Waals surface area contributed by atoms with E-state index in [2.05, 4.69) is 50.9 Å². The molecular weight excluding hydrogens is 260 g/mol. The molecule has 0 aliphatic carbocycles. The van der Waals surface area contributed by atoms with E-state index in [1.807, 2.05) is 6.26 Å². The highest BCUT2D eigenvalue weighted by Gasteiger charge is 2.12. The Morgan fingerprint density at radius 3 is 2.48 bits per heavy atom. The van der Waals surface area contributed by atoms with Gasteiger partial charge in [0, 0.05) is 18.7 Å². The molecule has 1 aromatic rings. The van der Waals surface area contributed by atoms with Gasteiger partial charge in [0.25, 0.3) is 0 Å². The van der Waals surface area contributed by atoms with Crippen LogP contribution in [0.4, 0.5) is 0 Å². The number of hydrogen-bond acceptors (Lipinski definition) is 3. The van der Waals surface area contributed by atoms with E-state index in [1.165, 1.54) is 24.9 Å². The summed E-state index contributed by atoms with van der Waals surface area (Å²) >= 11 is 0. The van der Waals surface area contributed by atoms with Crippen molar-refractivity contribution in [2.45, 2.75) is 60.5 Å². The first kappa shape index (κ1) is 18.2.